The van der Waals surface area contributed by atoms with Gasteiger partial charge in [0, 0.05) is 6.54 Å². The normalized spacial score (nSPS) is 11.5. The molecule has 0 heterocycles. The molecule has 0 aromatic heterocycles. The first-order valence-electron chi connectivity index (χ1n) is 9.30. The topological polar surface area (TPSA) is 29.1 Å². The fraction of sp³-hybridized carbons (Fsp3) is 0.650. The number of carbonyl (C=O) groups is 1. The van der Waals surface area contributed by atoms with Gasteiger partial charge in [-0.2, -0.15) is 0 Å². The molecule has 0 fully saturated rings. The second-order valence-corrected chi connectivity index (χ2v) is 7.71. The molecule has 1 amide bonds. The van der Waals surface area contributed by atoms with E-state index in [-0.39, 0.29) is 5.91 Å². The predicted molar refractivity (Wildman–Crippen MR) is 105 cm³/mol. The van der Waals surface area contributed by atoms with Gasteiger partial charge in [-0.15, -0.1) is 0 Å². The van der Waals surface area contributed by atoms with Gasteiger partial charge < -0.3 is 5.32 Å². The van der Waals surface area contributed by atoms with E-state index in [4.69, 9.17) is 23.2 Å². The molecule has 0 bridgehead atoms. The number of amides is 1. The van der Waals surface area contributed by atoms with Crippen LogP contribution in [0, 0.1) is 0 Å². The van der Waals surface area contributed by atoms with Gasteiger partial charge in [0.2, 0.25) is 4.33 Å². The van der Waals surface area contributed by atoms with Gasteiger partial charge in [-0.1, -0.05) is 118 Å². The number of halogens is 2. The SMILES string of the molecule is CCCCCCCCCCCCNC(=O)C(Cl)(Cl)c1ccccc1. The molecule has 0 atom stereocenters. The van der Waals surface area contributed by atoms with Gasteiger partial charge >= 0.3 is 0 Å². The minimum absolute atomic E-state index is 0.340. The van der Waals surface area contributed by atoms with E-state index in [1.54, 1.807) is 12.1 Å². The zero-order valence-electron chi connectivity index (χ0n) is 14.8. The van der Waals surface area contributed by atoms with Crippen LogP contribution in [-0.4, -0.2) is 12.5 Å². The summed E-state index contributed by atoms with van der Waals surface area (Å²) in [5.41, 5.74) is 0.605. The third kappa shape index (κ3) is 8.39. The fourth-order valence-corrected chi connectivity index (χ4v) is 3.09. The Hall–Kier alpha value is -0.730. The maximum absolute atomic E-state index is 12.2. The lowest BCUT2D eigenvalue weighted by Crippen LogP contribution is -2.37. The monoisotopic (exact) mass is 371 g/mol. The molecule has 0 unspecified atom stereocenters. The van der Waals surface area contributed by atoms with Gasteiger partial charge in [0.1, 0.15) is 0 Å². The van der Waals surface area contributed by atoms with Crippen molar-refractivity contribution in [3.05, 3.63) is 35.9 Å². The fourth-order valence-electron chi connectivity index (χ4n) is 2.70. The maximum Gasteiger partial charge on any atom is 0.261 e. The highest BCUT2D eigenvalue weighted by atomic mass is 35.5. The van der Waals surface area contributed by atoms with Crippen LogP contribution in [0.25, 0.3) is 0 Å². The van der Waals surface area contributed by atoms with Crippen LogP contribution in [0.5, 0.6) is 0 Å². The summed E-state index contributed by atoms with van der Waals surface area (Å²) in [4.78, 5) is 12.2. The van der Waals surface area contributed by atoms with E-state index < -0.39 is 4.33 Å². The number of hydrogen-bond acceptors (Lipinski definition) is 1. The van der Waals surface area contributed by atoms with E-state index in [2.05, 4.69) is 12.2 Å². The van der Waals surface area contributed by atoms with E-state index >= 15 is 0 Å². The molecule has 24 heavy (non-hydrogen) atoms. The molecular formula is C20H31Cl2NO. The standard InChI is InChI=1S/C20H31Cl2NO/c1-2-3-4-5-6-7-8-9-10-14-17-23-19(24)20(21,22)18-15-12-11-13-16-18/h11-13,15-16H,2-10,14,17H2,1H3,(H,23,24). The van der Waals surface area contributed by atoms with Crippen molar-refractivity contribution < 1.29 is 4.79 Å². The summed E-state index contributed by atoms with van der Waals surface area (Å²) < 4.78 is -1.51. The second-order valence-electron chi connectivity index (χ2n) is 6.38. The Morgan fingerprint density at radius 2 is 1.38 bits per heavy atom. The van der Waals surface area contributed by atoms with Gasteiger partial charge in [0.25, 0.3) is 5.91 Å². The molecule has 1 N–H and O–H groups in total. The van der Waals surface area contributed by atoms with Crippen LogP contribution in [0.3, 0.4) is 0 Å². The molecule has 1 aromatic carbocycles. The highest BCUT2D eigenvalue weighted by Gasteiger charge is 2.35. The molecule has 0 spiro atoms. The highest BCUT2D eigenvalue weighted by Crippen LogP contribution is 2.33. The largest absolute Gasteiger partial charge is 0.353 e. The quantitative estimate of drug-likeness (QED) is 0.317. The summed E-state index contributed by atoms with van der Waals surface area (Å²) in [6.45, 7) is 2.88. The molecule has 0 aliphatic rings. The van der Waals surface area contributed by atoms with Crippen LogP contribution < -0.4 is 5.32 Å². The summed E-state index contributed by atoms with van der Waals surface area (Å²) >= 11 is 12.4. The third-order valence-corrected chi connectivity index (χ3v) is 5.02. The number of carbonyl (C=O) groups excluding carboxylic acids is 1. The molecule has 2 nitrogen and oxygen atoms in total. The molecule has 0 radical (unpaired) electrons. The van der Waals surface area contributed by atoms with Crippen molar-refractivity contribution in [3.63, 3.8) is 0 Å². The average Bonchev–Trinajstić information content (AvgIpc) is 2.60. The first-order chi connectivity index (χ1) is 11.6. The number of unbranched alkanes of at least 4 members (excludes halogenated alkanes) is 9. The number of hydrogen-bond donors (Lipinski definition) is 1. The van der Waals surface area contributed by atoms with Crippen LogP contribution >= 0.6 is 23.2 Å². The summed E-state index contributed by atoms with van der Waals surface area (Å²) in [7, 11) is 0. The molecule has 0 saturated heterocycles. The lowest BCUT2D eigenvalue weighted by atomic mass is 10.1. The van der Waals surface area contributed by atoms with Crippen LogP contribution in [-0.2, 0) is 9.13 Å². The minimum Gasteiger partial charge on any atom is -0.353 e. The number of nitrogens with one attached hydrogen (secondary N) is 1. The van der Waals surface area contributed by atoms with Crippen molar-refractivity contribution >= 4 is 29.1 Å². The van der Waals surface area contributed by atoms with E-state index in [1.165, 1.54) is 51.4 Å². The maximum atomic E-state index is 12.2. The van der Waals surface area contributed by atoms with Crippen molar-refractivity contribution in [3.8, 4) is 0 Å². The lowest BCUT2D eigenvalue weighted by molar-refractivity contribution is -0.121. The Morgan fingerprint density at radius 1 is 0.875 bits per heavy atom. The Balaban J connectivity index is 2.06. The smallest absolute Gasteiger partial charge is 0.261 e. The van der Waals surface area contributed by atoms with E-state index in [1.807, 2.05) is 18.2 Å². The molecular weight excluding hydrogens is 341 g/mol. The molecule has 1 aromatic rings. The number of benzene rings is 1. The van der Waals surface area contributed by atoms with Crippen molar-refractivity contribution in [2.24, 2.45) is 0 Å². The van der Waals surface area contributed by atoms with Crippen LogP contribution in [0.4, 0.5) is 0 Å². The van der Waals surface area contributed by atoms with Crippen LogP contribution in [0.1, 0.15) is 76.7 Å². The molecule has 1 rings (SSSR count). The minimum atomic E-state index is -1.51. The number of alkyl halides is 2. The van der Waals surface area contributed by atoms with Crippen molar-refractivity contribution in [1.82, 2.24) is 5.32 Å². The third-order valence-electron chi connectivity index (χ3n) is 4.24. The van der Waals surface area contributed by atoms with E-state index in [9.17, 15) is 4.79 Å². The number of rotatable bonds is 13. The predicted octanol–water partition coefficient (Wildman–Crippen LogP) is 6.35. The summed E-state index contributed by atoms with van der Waals surface area (Å²) in [6, 6.07) is 9.05. The first kappa shape index (κ1) is 21.3. The van der Waals surface area contributed by atoms with E-state index in [0.29, 0.717) is 12.1 Å². The Kier molecular flexibility index (Phi) is 11.2. The van der Waals surface area contributed by atoms with Crippen LogP contribution in [0.15, 0.2) is 30.3 Å². The van der Waals surface area contributed by atoms with Crippen molar-refractivity contribution in [2.75, 3.05) is 6.54 Å². The Labute approximate surface area is 157 Å². The molecule has 136 valence electrons. The van der Waals surface area contributed by atoms with Crippen LogP contribution in [0.2, 0.25) is 0 Å². The molecule has 0 aliphatic carbocycles. The average molecular weight is 372 g/mol. The summed E-state index contributed by atoms with van der Waals surface area (Å²) in [5, 5.41) is 2.84. The zero-order valence-corrected chi connectivity index (χ0v) is 16.3. The molecule has 4 heteroatoms. The highest BCUT2D eigenvalue weighted by molar-refractivity contribution is 6.57. The van der Waals surface area contributed by atoms with Gasteiger partial charge in [0.05, 0.1) is 0 Å². The van der Waals surface area contributed by atoms with Gasteiger partial charge in [-0.05, 0) is 12.0 Å². The zero-order chi connectivity index (χ0) is 17.7. The van der Waals surface area contributed by atoms with Gasteiger partial charge in [-0.3, -0.25) is 4.79 Å². The van der Waals surface area contributed by atoms with Crippen molar-refractivity contribution in [2.45, 2.75) is 75.5 Å². The van der Waals surface area contributed by atoms with E-state index in [0.717, 1.165) is 12.8 Å². The second kappa shape index (κ2) is 12.6. The molecule has 0 saturated carbocycles. The van der Waals surface area contributed by atoms with Gasteiger partial charge in [0.15, 0.2) is 0 Å². The first-order valence-corrected chi connectivity index (χ1v) is 10.1. The van der Waals surface area contributed by atoms with Gasteiger partial charge in [-0.25, -0.2) is 0 Å². The molecule has 0 aliphatic heterocycles. The Bertz CT molecular complexity index is 448. The summed E-state index contributed by atoms with van der Waals surface area (Å²) in [6.07, 6.45) is 12.7. The lowest BCUT2D eigenvalue weighted by Gasteiger charge is -2.19. The summed E-state index contributed by atoms with van der Waals surface area (Å²) in [5.74, 6) is -0.340. The van der Waals surface area contributed by atoms with Crippen molar-refractivity contribution in [1.29, 1.82) is 0 Å². The Morgan fingerprint density at radius 3 is 1.92 bits per heavy atom.